The lowest BCUT2D eigenvalue weighted by Crippen LogP contribution is -2.13. The smallest absolute Gasteiger partial charge is 0.382 e. The summed E-state index contributed by atoms with van der Waals surface area (Å²) in [6, 6.07) is 4.20. The quantitative estimate of drug-likeness (QED) is 0.889. The first-order valence-electron chi connectivity index (χ1n) is 6.26. The predicted molar refractivity (Wildman–Crippen MR) is 80.1 cm³/mol. The fourth-order valence-corrected chi connectivity index (χ4v) is 2.42. The van der Waals surface area contributed by atoms with E-state index in [2.05, 4.69) is 14.9 Å². The Morgan fingerprint density at radius 1 is 1.17 bits per heavy atom. The van der Waals surface area contributed by atoms with Gasteiger partial charge in [-0.25, -0.2) is 8.42 Å². The number of hydrogen-bond donors (Lipinski definition) is 2. The largest absolute Gasteiger partial charge is 0.416 e. The molecule has 3 N–H and O–H groups in total. The highest BCUT2D eigenvalue weighted by molar-refractivity contribution is 7.92. The SMILES string of the molecule is Cc1cc(-c2ccc(C(F)(F)F)cc2NS(C)(=O)=O)nnc1N. The van der Waals surface area contributed by atoms with Crippen molar-refractivity contribution in [1.82, 2.24) is 10.2 Å². The van der Waals surface area contributed by atoms with E-state index in [0.717, 1.165) is 18.4 Å². The van der Waals surface area contributed by atoms with Crippen molar-refractivity contribution >= 4 is 21.5 Å². The van der Waals surface area contributed by atoms with Crippen LogP contribution in [0.3, 0.4) is 0 Å². The minimum atomic E-state index is -4.60. The Kier molecular flexibility index (Phi) is 4.20. The lowest BCUT2D eigenvalue weighted by atomic mass is 10.0. The molecule has 6 nitrogen and oxygen atoms in total. The van der Waals surface area contributed by atoms with E-state index in [1.807, 2.05) is 0 Å². The summed E-state index contributed by atoms with van der Waals surface area (Å²) in [6.07, 6.45) is -3.76. The Labute approximate surface area is 130 Å². The Balaban J connectivity index is 2.64. The maximum Gasteiger partial charge on any atom is 0.416 e. The van der Waals surface area contributed by atoms with Crippen molar-refractivity contribution in [3.8, 4) is 11.3 Å². The third kappa shape index (κ3) is 4.09. The van der Waals surface area contributed by atoms with E-state index in [9.17, 15) is 21.6 Å². The van der Waals surface area contributed by atoms with Crippen molar-refractivity contribution in [2.24, 2.45) is 0 Å². The van der Waals surface area contributed by atoms with Crippen molar-refractivity contribution in [1.29, 1.82) is 0 Å². The molecule has 0 aliphatic heterocycles. The topological polar surface area (TPSA) is 98.0 Å². The van der Waals surface area contributed by atoms with E-state index in [4.69, 9.17) is 5.73 Å². The molecule has 1 aromatic heterocycles. The molecule has 0 saturated carbocycles. The number of anilines is 2. The number of nitrogens with one attached hydrogen (secondary N) is 1. The van der Waals surface area contributed by atoms with Gasteiger partial charge in [-0.3, -0.25) is 4.72 Å². The van der Waals surface area contributed by atoms with Crippen LogP contribution in [0.4, 0.5) is 24.7 Å². The van der Waals surface area contributed by atoms with Gasteiger partial charge >= 0.3 is 6.18 Å². The number of hydrogen-bond acceptors (Lipinski definition) is 5. The van der Waals surface area contributed by atoms with Crippen molar-refractivity contribution < 1.29 is 21.6 Å². The molecule has 0 bridgehead atoms. The van der Waals surface area contributed by atoms with Crippen LogP contribution in [0.1, 0.15) is 11.1 Å². The molecule has 0 atom stereocenters. The molecule has 0 aliphatic rings. The standard InChI is InChI=1S/C13H13F3N4O2S/c1-7-5-10(18-19-12(7)17)9-4-3-8(13(14,15)16)6-11(9)20-23(2,21)22/h3-6,20H,1-2H3,(H2,17,19). The van der Waals surface area contributed by atoms with Crippen LogP contribution < -0.4 is 10.5 Å². The fourth-order valence-electron chi connectivity index (χ4n) is 1.85. The number of sulfonamides is 1. The van der Waals surface area contributed by atoms with Gasteiger partial charge in [-0.05, 0) is 30.7 Å². The van der Waals surface area contributed by atoms with Gasteiger partial charge in [0.05, 0.1) is 23.2 Å². The second kappa shape index (κ2) is 5.69. The van der Waals surface area contributed by atoms with E-state index in [1.54, 1.807) is 6.92 Å². The first-order chi connectivity index (χ1) is 10.5. The molecule has 0 radical (unpaired) electrons. The van der Waals surface area contributed by atoms with Crippen LogP contribution in [0.5, 0.6) is 0 Å². The number of aryl methyl sites for hydroxylation is 1. The van der Waals surface area contributed by atoms with Gasteiger partial charge < -0.3 is 5.73 Å². The molecule has 2 aromatic rings. The number of alkyl halides is 3. The minimum Gasteiger partial charge on any atom is -0.382 e. The summed E-state index contributed by atoms with van der Waals surface area (Å²) in [4.78, 5) is 0. The number of halogens is 3. The van der Waals surface area contributed by atoms with Crippen LogP contribution in [-0.2, 0) is 16.2 Å². The molecule has 0 unspecified atom stereocenters. The van der Waals surface area contributed by atoms with Crippen LogP contribution in [0, 0.1) is 6.92 Å². The highest BCUT2D eigenvalue weighted by Crippen LogP contribution is 2.35. The summed E-state index contributed by atoms with van der Waals surface area (Å²) < 4.78 is 63.4. The molecule has 2 rings (SSSR count). The zero-order chi connectivity index (χ0) is 17.4. The summed E-state index contributed by atoms with van der Waals surface area (Å²) in [5, 5.41) is 7.49. The van der Waals surface area contributed by atoms with Crippen LogP contribution in [0.15, 0.2) is 24.3 Å². The van der Waals surface area contributed by atoms with E-state index in [-0.39, 0.29) is 22.8 Å². The van der Waals surface area contributed by atoms with E-state index < -0.39 is 21.8 Å². The van der Waals surface area contributed by atoms with Crippen molar-refractivity contribution in [3.63, 3.8) is 0 Å². The highest BCUT2D eigenvalue weighted by Gasteiger charge is 2.31. The zero-order valence-corrected chi connectivity index (χ0v) is 13.0. The van der Waals surface area contributed by atoms with Gasteiger partial charge in [0.15, 0.2) is 0 Å². The maximum absolute atomic E-state index is 12.8. The molecule has 10 heteroatoms. The molecular formula is C13H13F3N4O2S. The summed E-state index contributed by atoms with van der Waals surface area (Å²) in [7, 11) is -3.78. The monoisotopic (exact) mass is 346 g/mol. The second-order valence-electron chi connectivity index (χ2n) is 4.93. The number of aromatic nitrogens is 2. The predicted octanol–water partition coefficient (Wildman–Crippen LogP) is 2.42. The normalized spacial score (nSPS) is 12.2. The molecule has 0 amide bonds. The van der Waals surface area contributed by atoms with Gasteiger partial charge in [0.1, 0.15) is 5.82 Å². The molecule has 1 aromatic carbocycles. The summed E-state index contributed by atoms with van der Waals surface area (Å²) >= 11 is 0. The van der Waals surface area contributed by atoms with E-state index in [0.29, 0.717) is 11.6 Å². The first-order valence-corrected chi connectivity index (χ1v) is 8.16. The third-order valence-corrected chi connectivity index (χ3v) is 3.53. The average molecular weight is 346 g/mol. The minimum absolute atomic E-state index is 0.166. The van der Waals surface area contributed by atoms with Crippen LogP contribution in [0.2, 0.25) is 0 Å². The summed E-state index contributed by atoms with van der Waals surface area (Å²) in [5.74, 6) is 0.179. The molecule has 0 fully saturated rings. The molecule has 0 aliphatic carbocycles. The van der Waals surface area contributed by atoms with Gasteiger partial charge in [-0.1, -0.05) is 6.07 Å². The van der Waals surface area contributed by atoms with Gasteiger partial charge in [0.2, 0.25) is 10.0 Å². The van der Waals surface area contributed by atoms with Crippen molar-refractivity contribution in [3.05, 3.63) is 35.4 Å². The zero-order valence-electron chi connectivity index (χ0n) is 12.1. The summed E-state index contributed by atoms with van der Waals surface area (Å²) in [5.41, 5.74) is 5.28. The van der Waals surface area contributed by atoms with Gasteiger partial charge in [0, 0.05) is 5.56 Å². The average Bonchev–Trinajstić information content (AvgIpc) is 2.39. The number of rotatable bonds is 3. The van der Waals surface area contributed by atoms with Gasteiger partial charge in [0.25, 0.3) is 0 Å². The highest BCUT2D eigenvalue weighted by atomic mass is 32.2. The van der Waals surface area contributed by atoms with Crippen LogP contribution in [0.25, 0.3) is 11.3 Å². The molecule has 124 valence electrons. The van der Waals surface area contributed by atoms with E-state index >= 15 is 0 Å². The first kappa shape index (κ1) is 17.0. The molecule has 1 heterocycles. The van der Waals surface area contributed by atoms with Crippen molar-refractivity contribution in [2.75, 3.05) is 16.7 Å². The van der Waals surface area contributed by atoms with Gasteiger partial charge in [-0.15, -0.1) is 10.2 Å². The number of nitrogens with zero attached hydrogens (tertiary/aromatic N) is 2. The Hall–Kier alpha value is -2.36. The van der Waals surface area contributed by atoms with Gasteiger partial charge in [-0.2, -0.15) is 13.2 Å². The van der Waals surface area contributed by atoms with Crippen LogP contribution in [-0.4, -0.2) is 24.9 Å². The van der Waals surface area contributed by atoms with Crippen LogP contribution >= 0.6 is 0 Å². The number of benzene rings is 1. The number of nitrogens with two attached hydrogens (primary N) is 1. The maximum atomic E-state index is 12.8. The second-order valence-corrected chi connectivity index (χ2v) is 6.68. The summed E-state index contributed by atoms with van der Waals surface area (Å²) in [6.45, 7) is 1.65. The lowest BCUT2D eigenvalue weighted by Gasteiger charge is -2.14. The lowest BCUT2D eigenvalue weighted by molar-refractivity contribution is -0.137. The van der Waals surface area contributed by atoms with Crippen molar-refractivity contribution in [2.45, 2.75) is 13.1 Å². The molecular weight excluding hydrogens is 333 g/mol. The fraction of sp³-hybridized carbons (Fsp3) is 0.231. The molecule has 0 saturated heterocycles. The number of nitrogen functional groups attached to an aromatic ring is 1. The molecule has 23 heavy (non-hydrogen) atoms. The third-order valence-electron chi connectivity index (χ3n) is 2.94. The van der Waals surface area contributed by atoms with E-state index in [1.165, 1.54) is 6.07 Å². The Morgan fingerprint density at radius 3 is 2.35 bits per heavy atom. The Morgan fingerprint density at radius 2 is 1.83 bits per heavy atom. The molecule has 0 spiro atoms. The Bertz CT molecular complexity index is 851.